The quantitative estimate of drug-likeness (QED) is 0.0569. The van der Waals surface area contributed by atoms with Crippen molar-refractivity contribution in [1.29, 1.82) is 0 Å². The lowest BCUT2D eigenvalue weighted by molar-refractivity contribution is 0.218. The molecule has 0 aromatic carbocycles. The lowest BCUT2D eigenvalue weighted by Gasteiger charge is -2.06. The van der Waals surface area contributed by atoms with Crippen molar-refractivity contribution in [3.63, 3.8) is 0 Å². The van der Waals surface area contributed by atoms with Gasteiger partial charge in [-0.05, 0) is 43.9 Å². The molecule has 0 bridgehead atoms. The average Bonchev–Trinajstić information content (AvgIpc) is 2.79. The van der Waals surface area contributed by atoms with Gasteiger partial charge in [0.1, 0.15) is 5.76 Å². The minimum absolute atomic E-state index is 0.674. The molecule has 0 unspecified atom stereocenters. The van der Waals surface area contributed by atoms with Crippen molar-refractivity contribution < 1.29 is 4.74 Å². The second kappa shape index (κ2) is 24.1. The molecule has 0 amide bonds. The number of amidine groups is 1. The summed E-state index contributed by atoms with van der Waals surface area (Å²) in [4.78, 5) is 8.87. The first-order chi connectivity index (χ1) is 15.1. The van der Waals surface area contributed by atoms with Gasteiger partial charge in [-0.3, -0.25) is 4.99 Å². The maximum absolute atomic E-state index is 5.67. The summed E-state index contributed by atoms with van der Waals surface area (Å²) in [6.07, 6.45) is 21.2. The van der Waals surface area contributed by atoms with Gasteiger partial charge in [0.25, 0.3) is 0 Å². The van der Waals surface area contributed by atoms with Gasteiger partial charge in [0.2, 0.25) is 0 Å². The van der Waals surface area contributed by atoms with Gasteiger partial charge < -0.3 is 4.74 Å². The van der Waals surface area contributed by atoms with Crippen molar-refractivity contribution in [3.05, 3.63) is 61.4 Å². The van der Waals surface area contributed by atoms with Crippen molar-refractivity contribution in [1.82, 2.24) is 0 Å². The van der Waals surface area contributed by atoms with Crippen LogP contribution in [0.1, 0.15) is 91.4 Å². The summed E-state index contributed by atoms with van der Waals surface area (Å²) in [7, 11) is 1.76. The molecule has 0 aromatic heterocycles. The standard InChI is InChI=1S/C26H44N2O.C2H4/c1-7-10-12-14-15-16-18-23(4)22-28-26(27-6)25(9-3)20-19-24(5)29-21-17-13-11-8-2;1-2/h9,19-20,22H,4-5,7-8,10-18,21H2,1-3,6H3;1-2H2/b20-19-,25-9+,27-26?,28-22?;. The molecule has 176 valence electrons. The van der Waals surface area contributed by atoms with Crippen LogP contribution in [-0.2, 0) is 4.74 Å². The molecule has 0 N–H and O–H groups in total. The predicted octanol–water partition coefficient (Wildman–Crippen LogP) is 8.81. The molecule has 0 spiro atoms. The Labute approximate surface area is 193 Å². The van der Waals surface area contributed by atoms with E-state index in [1.54, 1.807) is 7.05 Å². The highest BCUT2D eigenvalue weighted by atomic mass is 16.5. The Hall–Kier alpha value is -2.16. The van der Waals surface area contributed by atoms with Crippen molar-refractivity contribution in [3.8, 4) is 0 Å². The van der Waals surface area contributed by atoms with E-state index in [1.807, 2.05) is 31.4 Å². The second-order valence-corrected chi connectivity index (χ2v) is 7.43. The van der Waals surface area contributed by atoms with E-state index in [9.17, 15) is 0 Å². The summed E-state index contributed by atoms with van der Waals surface area (Å²) in [5.41, 5.74) is 2.01. The van der Waals surface area contributed by atoms with Gasteiger partial charge in [-0.15, -0.1) is 13.2 Å². The molecule has 0 aliphatic heterocycles. The van der Waals surface area contributed by atoms with Crippen LogP contribution in [0.3, 0.4) is 0 Å². The molecule has 0 aromatic rings. The van der Waals surface area contributed by atoms with Crippen LogP contribution in [0.2, 0.25) is 0 Å². The van der Waals surface area contributed by atoms with Crippen molar-refractivity contribution >= 4 is 12.1 Å². The third kappa shape index (κ3) is 19.5. The summed E-state index contributed by atoms with van der Waals surface area (Å²) in [6.45, 7) is 21.3. The Morgan fingerprint density at radius 2 is 1.42 bits per heavy atom. The third-order valence-electron chi connectivity index (χ3n) is 4.74. The smallest absolute Gasteiger partial charge is 0.153 e. The van der Waals surface area contributed by atoms with Crippen LogP contribution < -0.4 is 0 Å². The molecule has 0 aliphatic carbocycles. The molecule has 0 radical (unpaired) electrons. The molecule has 3 heteroatoms. The fraction of sp³-hybridized carbons (Fsp3) is 0.571. The fourth-order valence-electron chi connectivity index (χ4n) is 2.87. The van der Waals surface area contributed by atoms with E-state index < -0.39 is 0 Å². The molecule has 0 aliphatic rings. The first kappa shape index (κ1) is 31.0. The molecular weight excluding hydrogens is 380 g/mol. The Morgan fingerprint density at radius 3 is 2.00 bits per heavy atom. The summed E-state index contributed by atoms with van der Waals surface area (Å²) in [6, 6.07) is 0. The highest BCUT2D eigenvalue weighted by Gasteiger charge is 2.01. The largest absolute Gasteiger partial charge is 0.494 e. The molecule has 0 saturated heterocycles. The molecule has 0 saturated carbocycles. The van der Waals surface area contributed by atoms with Gasteiger partial charge >= 0.3 is 0 Å². The van der Waals surface area contributed by atoms with Crippen molar-refractivity contribution in [2.45, 2.75) is 91.4 Å². The fourth-order valence-corrected chi connectivity index (χ4v) is 2.87. The van der Waals surface area contributed by atoms with Gasteiger partial charge in [0.05, 0.1) is 6.61 Å². The summed E-state index contributed by atoms with van der Waals surface area (Å²) < 4.78 is 5.67. The molecule has 0 fully saturated rings. The Balaban J connectivity index is 0. The van der Waals surface area contributed by atoms with E-state index in [2.05, 4.69) is 50.1 Å². The first-order valence-corrected chi connectivity index (χ1v) is 11.9. The number of rotatable bonds is 17. The van der Waals surface area contributed by atoms with E-state index in [-0.39, 0.29) is 0 Å². The van der Waals surface area contributed by atoms with Crippen LogP contribution in [0.4, 0.5) is 0 Å². The van der Waals surface area contributed by atoms with Crippen LogP contribution >= 0.6 is 0 Å². The topological polar surface area (TPSA) is 34.0 Å². The first-order valence-electron chi connectivity index (χ1n) is 11.9. The van der Waals surface area contributed by atoms with Crippen molar-refractivity contribution in [2.24, 2.45) is 9.98 Å². The molecule has 31 heavy (non-hydrogen) atoms. The summed E-state index contributed by atoms with van der Waals surface area (Å²) in [5, 5.41) is 0. The minimum atomic E-state index is 0.674. The summed E-state index contributed by atoms with van der Waals surface area (Å²) >= 11 is 0. The normalized spacial score (nSPS) is 12.1. The van der Waals surface area contributed by atoms with E-state index in [4.69, 9.17) is 4.74 Å². The predicted molar refractivity (Wildman–Crippen MR) is 142 cm³/mol. The van der Waals surface area contributed by atoms with E-state index >= 15 is 0 Å². The van der Waals surface area contributed by atoms with Gasteiger partial charge in [-0.1, -0.05) is 84.4 Å². The highest BCUT2D eigenvalue weighted by Crippen LogP contribution is 2.11. The lowest BCUT2D eigenvalue weighted by Crippen LogP contribution is -1.99. The maximum atomic E-state index is 5.67. The van der Waals surface area contributed by atoms with E-state index in [0.717, 1.165) is 30.6 Å². The molecule has 0 heterocycles. The molecule has 0 atom stereocenters. The molecule has 3 nitrogen and oxygen atoms in total. The second-order valence-electron chi connectivity index (χ2n) is 7.43. The average molecular weight is 429 g/mol. The Kier molecular flexibility index (Phi) is 24.1. The SMILES string of the molecule is C=C.C=C(C=NC(=NC)C(/C=C\C(=C)OCCCCCC)=C/C)CCCCCCCC. The monoisotopic (exact) mass is 428 g/mol. The van der Waals surface area contributed by atoms with Gasteiger partial charge in [0, 0.05) is 18.8 Å². The van der Waals surface area contributed by atoms with E-state index in [0.29, 0.717) is 11.6 Å². The van der Waals surface area contributed by atoms with Crippen LogP contribution in [0.15, 0.2) is 71.4 Å². The summed E-state index contributed by atoms with van der Waals surface area (Å²) in [5.74, 6) is 1.37. The number of hydrogen-bond donors (Lipinski definition) is 0. The number of unbranched alkanes of at least 4 members (excludes halogenated alkanes) is 8. The zero-order valence-electron chi connectivity index (χ0n) is 20.9. The van der Waals surface area contributed by atoms with Crippen LogP contribution in [0.5, 0.6) is 0 Å². The molecule has 0 rings (SSSR count). The maximum Gasteiger partial charge on any atom is 0.153 e. The van der Waals surface area contributed by atoms with Gasteiger partial charge in [-0.25, -0.2) is 4.99 Å². The van der Waals surface area contributed by atoms with Gasteiger partial charge in [-0.2, -0.15) is 0 Å². The van der Waals surface area contributed by atoms with Gasteiger partial charge in [0.15, 0.2) is 5.84 Å². The highest BCUT2D eigenvalue weighted by molar-refractivity contribution is 6.06. The van der Waals surface area contributed by atoms with Crippen LogP contribution in [0, 0.1) is 0 Å². The third-order valence-corrected chi connectivity index (χ3v) is 4.74. The van der Waals surface area contributed by atoms with Crippen LogP contribution in [-0.4, -0.2) is 25.7 Å². The Morgan fingerprint density at radius 1 is 0.839 bits per heavy atom. The van der Waals surface area contributed by atoms with Crippen molar-refractivity contribution in [2.75, 3.05) is 13.7 Å². The molecular formula is C28H48N2O. The zero-order chi connectivity index (χ0) is 23.7. The Bertz CT molecular complexity index is 582. The number of ether oxygens (including phenoxy) is 1. The minimum Gasteiger partial charge on any atom is -0.494 e. The van der Waals surface area contributed by atoms with Crippen LogP contribution in [0.25, 0.3) is 0 Å². The van der Waals surface area contributed by atoms with E-state index in [1.165, 1.54) is 57.8 Å². The zero-order valence-corrected chi connectivity index (χ0v) is 20.9. The number of hydrogen-bond acceptors (Lipinski definition) is 2. The number of aliphatic imine (C=N–C) groups is 2. The number of allylic oxidation sites excluding steroid dienone is 3. The number of nitrogens with zero attached hydrogens (tertiary/aromatic N) is 2. The lowest BCUT2D eigenvalue weighted by atomic mass is 10.1.